The number of aliphatic hydroxyl groups excluding tert-OH is 1. The SMILES string of the molecule is COC(=O)c1ccc2c(c1)CCCC(Br)=C2C(C)/C=C\CC(O)C1CN(CCCF)C1. The molecule has 2 unspecified atom stereocenters. The Bertz CT molecular complexity index is 832. The van der Waals surface area contributed by atoms with Crippen LogP contribution < -0.4 is 0 Å². The molecular formula is C25H33BrFNO3. The van der Waals surface area contributed by atoms with E-state index in [2.05, 4.69) is 39.9 Å². The van der Waals surface area contributed by atoms with Crippen molar-refractivity contribution in [2.45, 2.75) is 45.1 Å². The average molecular weight is 494 g/mol. The summed E-state index contributed by atoms with van der Waals surface area (Å²) in [6.07, 6.45) is 8.02. The second-order valence-corrected chi connectivity index (χ2v) is 9.57. The first kappa shape index (κ1) is 24.1. The van der Waals surface area contributed by atoms with E-state index in [-0.39, 0.29) is 30.6 Å². The number of likely N-dealkylation sites (tertiary alicyclic amines) is 1. The maximum Gasteiger partial charge on any atom is 0.337 e. The molecular weight excluding hydrogens is 461 g/mol. The first-order valence-electron chi connectivity index (χ1n) is 11.2. The Kier molecular flexibility index (Phi) is 8.87. The third kappa shape index (κ3) is 6.05. The molecule has 1 fully saturated rings. The lowest BCUT2D eigenvalue weighted by molar-refractivity contribution is -0.00302. The zero-order chi connectivity index (χ0) is 22.4. The van der Waals surface area contributed by atoms with Crippen LogP contribution in [0.4, 0.5) is 4.39 Å². The molecule has 170 valence electrons. The van der Waals surface area contributed by atoms with E-state index >= 15 is 0 Å². The zero-order valence-corrected chi connectivity index (χ0v) is 20.0. The quantitative estimate of drug-likeness (QED) is 0.381. The Balaban J connectivity index is 1.64. The highest BCUT2D eigenvalue weighted by Gasteiger charge is 2.31. The van der Waals surface area contributed by atoms with Crippen LogP contribution in [0.25, 0.3) is 5.57 Å². The summed E-state index contributed by atoms with van der Waals surface area (Å²) in [5.41, 5.74) is 4.19. The van der Waals surface area contributed by atoms with E-state index in [1.165, 1.54) is 28.3 Å². The molecule has 1 saturated heterocycles. The minimum absolute atomic E-state index is 0.185. The number of carbonyl (C=O) groups excluding carboxylic acids is 1. The molecule has 31 heavy (non-hydrogen) atoms. The number of methoxy groups -OCH3 is 1. The molecule has 0 saturated carbocycles. The van der Waals surface area contributed by atoms with Gasteiger partial charge in [0.15, 0.2) is 0 Å². The van der Waals surface area contributed by atoms with Crippen molar-refractivity contribution in [2.24, 2.45) is 11.8 Å². The smallest absolute Gasteiger partial charge is 0.337 e. The minimum Gasteiger partial charge on any atom is -0.465 e. The zero-order valence-electron chi connectivity index (χ0n) is 18.4. The summed E-state index contributed by atoms with van der Waals surface area (Å²) >= 11 is 3.80. The maximum atomic E-state index is 12.3. The second kappa shape index (κ2) is 11.4. The van der Waals surface area contributed by atoms with E-state index < -0.39 is 0 Å². The fourth-order valence-corrected chi connectivity index (χ4v) is 5.40. The number of nitrogens with zero attached hydrogens (tertiary/aromatic N) is 1. The molecule has 2 aliphatic rings. The van der Waals surface area contributed by atoms with Gasteiger partial charge in [-0.2, -0.15) is 0 Å². The van der Waals surface area contributed by atoms with E-state index in [1.54, 1.807) is 0 Å². The number of hydrogen-bond acceptors (Lipinski definition) is 4. The van der Waals surface area contributed by atoms with Crippen molar-refractivity contribution >= 4 is 27.5 Å². The molecule has 1 N–H and O–H groups in total. The highest BCUT2D eigenvalue weighted by atomic mass is 79.9. The molecule has 0 bridgehead atoms. The van der Waals surface area contributed by atoms with Crippen LogP contribution in [0.15, 0.2) is 34.8 Å². The van der Waals surface area contributed by atoms with E-state index in [0.29, 0.717) is 18.4 Å². The number of allylic oxidation sites excluding steroid dienone is 3. The monoisotopic (exact) mass is 493 g/mol. The number of hydrogen-bond donors (Lipinski definition) is 1. The normalized spacial score (nSPS) is 19.6. The first-order valence-corrected chi connectivity index (χ1v) is 12.0. The van der Waals surface area contributed by atoms with Crippen LogP contribution in [0.1, 0.15) is 54.1 Å². The van der Waals surface area contributed by atoms with Gasteiger partial charge < -0.3 is 14.7 Å². The topological polar surface area (TPSA) is 49.8 Å². The van der Waals surface area contributed by atoms with Gasteiger partial charge in [-0.15, -0.1) is 0 Å². The summed E-state index contributed by atoms with van der Waals surface area (Å²) < 4.78 is 18.3. The Morgan fingerprint density at radius 2 is 2.16 bits per heavy atom. The molecule has 1 aliphatic carbocycles. The lowest BCUT2D eigenvalue weighted by atomic mass is 9.88. The van der Waals surface area contributed by atoms with Crippen molar-refractivity contribution < 1.29 is 19.0 Å². The van der Waals surface area contributed by atoms with E-state index in [4.69, 9.17) is 4.74 Å². The van der Waals surface area contributed by atoms with Gasteiger partial charge in [-0.05, 0) is 65.4 Å². The predicted octanol–water partition coefficient (Wildman–Crippen LogP) is 5.15. The Hall–Kier alpha value is -1.50. The summed E-state index contributed by atoms with van der Waals surface area (Å²) in [5.74, 6) is 0.156. The number of alkyl halides is 1. The fraction of sp³-hybridized carbons (Fsp3) is 0.560. The molecule has 1 aliphatic heterocycles. The van der Waals surface area contributed by atoms with Crippen molar-refractivity contribution in [3.63, 3.8) is 0 Å². The average Bonchev–Trinajstić information content (AvgIpc) is 2.89. The number of ether oxygens (including phenoxy) is 1. The van der Waals surface area contributed by atoms with Gasteiger partial charge in [-0.1, -0.05) is 41.1 Å². The third-order valence-corrected chi connectivity index (χ3v) is 7.17. The molecule has 0 spiro atoms. The summed E-state index contributed by atoms with van der Waals surface area (Å²) in [4.78, 5) is 14.1. The molecule has 0 amide bonds. The van der Waals surface area contributed by atoms with Crippen molar-refractivity contribution in [3.05, 3.63) is 51.5 Å². The lowest BCUT2D eigenvalue weighted by Gasteiger charge is -2.41. The Morgan fingerprint density at radius 1 is 1.39 bits per heavy atom. The van der Waals surface area contributed by atoms with Crippen LogP contribution in [0.3, 0.4) is 0 Å². The molecule has 1 aromatic rings. The molecule has 2 atom stereocenters. The van der Waals surface area contributed by atoms with Crippen LogP contribution in [-0.2, 0) is 11.2 Å². The molecule has 1 heterocycles. The van der Waals surface area contributed by atoms with Crippen molar-refractivity contribution in [3.8, 4) is 0 Å². The summed E-state index contributed by atoms with van der Waals surface area (Å²) in [6.45, 7) is 4.40. The Morgan fingerprint density at radius 3 is 2.87 bits per heavy atom. The second-order valence-electron chi connectivity index (χ2n) is 8.62. The van der Waals surface area contributed by atoms with Crippen molar-refractivity contribution in [2.75, 3.05) is 33.4 Å². The van der Waals surface area contributed by atoms with Gasteiger partial charge in [-0.3, -0.25) is 4.39 Å². The summed E-state index contributed by atoms with van der Waals surface area (Å²) in [7, 11) is 1.41. The molecule has 4 nitrogen and oxygen atoms in total. The number of fused-ring (bicyclic) bond motifs is 1. The largest absolute Gasteiger partial charge is 0.465 e. The lowest BCUT2D eigenvalue weighted by Crippen LogP contribution is -2.51. The molecule has 0 aromatic heterocycles. The van der Waals surface area contributed by atoms with Crippen LogP contribution in [0.2, 0.25) is 0 Å². The van der Waals surface area contributed by atoms with Crippen LogP contribution >= 0.6 is 15.9 Å². The third-order valence-electron chi connectivity index (χ3n) is 6.35. The van der Waals surface area contributed by atoms with Gasteiger partial charge in [0, 0.05) is 31.5 Å². The van der Waals surface area contributed by atoms with Gasteiger partial charge in [0.1, 0.15) is 0 Å². The van der Waals surface area contributed by atoms with Gasteiger partial charge in [0.25, 0.3) is 0 Å². The number of aliphatic hydroxyl groups is 1. The van der Waals surface area contributed by atoms with E-state index in [0.717, 1.165) is 38.9 Å². The number of aryl methyl sites for hydroxylation is 1. The van der Waals surface area contributed by atoms with Gasteiger partial charge in [0.2, 0.25) is 0 Å². The number of carbonyl (C=O) groups is 1. The Labute approximate surface area is 193 Å². The fourth-order valence-electron chi connectivity index (χ4n) is 4.55. The minimum atomic E-state index is -0.355. The van der Waals surface area contributed by atoms with Crippen LogP contribution in [0.5, 0.6) is 0 Å². The number of rotatable bonds is 9. The number of halogens is 2. The summed E-state index contributed by atoms with van der Waals surface area (Å²) in [5, 5.41) is 10.5. The van der Waals surface area contributed by atoms with E-state index in [9.17, 15) is 14.3 Å². The highest BCUT2D eigenvalue weighted by molar-refractivity contribution is 9.11. The highest BCUT2D eigenvalue weighted by Crippen LogP contribution is 2.39. The molecule has 0 radical (unpaired) electrons. The van der Waals surface area contributed by atoms with Crippen LogP contribution in [-0.4, -0.2) is 55.5 Å². The van der Waals surface area contributed by atoms with Gasteiger partial charge in [-0.25, -0.2) is 4.79 Å². The van der Waals surface area contributed by atoms with Gasteiger partial charge in [0.05, 0.1) is 25.5 Å². The van der Waals surface area contributed by atoms with Crippen molar-refractivity contribution in [1.82, 2.24) is 4.90 Å². The van der Waals surface area contributed by atoms with Crippen molar-refractivity contribution in [1.29, 1.82) is 0 Å². The molecule has 1 aromatic carbocycles. The van der Waals surface area contributed by atoms with Crippen LogP contribution in [0, 0.1) is 11.8 Å². The first-order chi connectivity index (χ1) is 14.9. The van der Waals surface area contributed by atoms with Gasteiger partial charge >= 0.3 is 5.97 Å². The predicted molar refractivity (Wildman–Crippen MR) is 126 cm³/mol. The molecule has 6 heteroatoms. The maximum absolute atomic E-state index is 12.3. The van der Waals surface area contributed by atoms with E-state index in [1.807, 2.05) is 18.2 Å². The molecule has 3 rings (SSSR count). The summed E-state index contributed by atoms with van der Waals surface area (Å²) in [6, 6.07) is 5.82. The number of benzene rings is 1. The standard InChI is InChI=1S/C25H33BrFNO3/c1-17(6-3-9-23(29)20-15-28(16-20)13-5-12-27)24-21-11-10-19(25(30)31-2)14-18(21)7-4-8-22(24)26/h3,6,10-11,14,17,20,23,29H,4-5,7-9,12-13,15-16H2,1-2H3/b6-3-. The number of esters is 1.